The van der Waals surface area contributed by atoms with E-state index in [9.17, 15) is 17.2 Å². The van der Waals surface area contributed by atoms with Gasteiger partial charge in [0, 0.05) is 29.7 Å². The molecule has 0 amide bonds. The SMILES string of the molecule is Cc1noc(C)c1S(=O)(=O)N1CCS[C@@H](c2cc(F)ccc2F)CC1. The van der Waals surface area contributed by atoms with Crippen molar-refractivity contribution in [3.8, 4) is 0 Å². The first kappa shape index (κ1) is 18.3. The van der Waals surface area contributed by atoms with E-state index in [0.29, 0.717) is 24.4 Å². The van der Waals surface area contributed by atoms with Gasteiger partial charge in [-0.1, -0.05) is 5.16 Å². The third kappa shape index (κ3) is 3.58. The van der Waals surface area contributed by atoms with E-state index in [4.69, 9.17) is 4.52 Å². The summed E-state index contributed by atoms with van der Waals surface area (Å²) >= 11 is 1.43. The van der Waals surface area contributed by atoms with Gasteiger partial charge in [-0.05, 0) is 38.5 Å². The highest BCUT2D eigenvalue weighted by atomic mass is 32.2. The molecule has 0 bridgehead atoms. The summed E-state index contributed by atoms with van der Waals surface area (Å²) in [5.41, 5.74) is 0.601. The van der Waals surface area contributed by atoms with Crippen molar-refractivity contribution < 1.29 is 21.7 Å². The summed E-state index contributed by atoms with van der Waals surface area (Å²) in [7, 11) is -3.73. The molecule has 0 spiro atoms. The molecule has 2 heterocycles. The predicted octanol–water partition coefficient (Wildman–Crippen LogP) is 3.44. The molecular formula is C16H18F2N2O3S2. The molecule has 2 aromatic rings. The molecule has 25 heavy (non-hydrogen) atoms. The van der Waals surface area contributed by atoms with Gasteiger partial charge < -0.3 is 4.52 Å². The first-order valence-corrected chi connectivity index (χ1v) is 10.3. The average molecular weight is 388 g/mol. The van der Waals surface area contributed by atoms with Crippen molar-refractivity contribution in [2.45, 2.75) is 30.4 Å². The predicted molar refractivity (Wildman–Crippen MR) is 90.9 cm³/mol. The van der Waals surface area contributed by atoms with Crippen LogP contribution in [0.1, 0.15) is 28.7 Å². The van der Waals surface area contributed by atoms with Gasteiger partial charge in [0.1, 0.15) is 22.2 Å². The van der Waals surface area contributed by atoms with Gasteiger partial charge in [0.05, 0.1) is 0 Å². The van der Waals surface area contributed by atoms with Crippen molar-refractivity contribution in [1.82, 2.24) is 9.46 Å². The number of hydrogen-bond acceptors (Lipinski definition) is 5. The van der Waals surface area contributed by atoms with Crippen LogP contribution in [0.25, 0.3) is 0 Å². The molecule has 0 saturated carbocycles. The first-order chi connectivity index (χ1) is 11.8. The molecule has 1 atom stereocenters. The van der Waals surface area contributed by atoms with E-state index >= 15 is 0 Å². The zero-order valence-corrected chi connectivity index (χ0v) is 15.5. The number of sulfonamides is 1. The molecule has 136 valence electrons. The lowest BCUT2D eigenvalue weighted by molar-refractivity contribution is 0.388. The number of nitrogens with zero attached hydrogens (tertiary/aromatic N) is 2. The summed E-state index contributed by atoms with van der Waals surface area (Å²) in [5, 5.41) is 3.42. The van der Waals surface area contributed by atoms with Gasteiger partial charge >= 0.3 is 0 Å². The fraction of sp³-hybridized carbons (Fsp3) is 0.438. The summed E-state index contributed by atoms with van der Waals surface area (Å²) < 4.78 is 59.6. The molecule has 1 aliphatic heterocycles. The zero-order valence-electron chi connectivity index (χ0n) is 13.8. The van der Waals surface area contributed by atoms with Crippen LogP contribution < -0.4 is 0 Å². The van der Waals surface area contributed by atoms with E-state index in [-0.39, 0.29) is 28.0 Å². The van der Waals surface area contributed by atoms with Gasteiger partial charge in [0.25, 0.3) is 0 Å². The molecule has 0 aliphatic carbocycles. The van der Waals surface area contributed by atoms with Crippen LogP contribution in [0.2, 0.25) is 0 Å². The molecule has 1 fully saturated rings. The van der Waals surface area contributed by atoms with Gasteiger partial charge in [-0.25, -0.2) is 17.2 Å². The number of hydrogen-bond donors (Lipinski definition) is 0. The first-order valence-electron chi connectivity index (χ1n) is 7.80. The van der Waals surface area contributed by atoms with E-state index in [1.807, 2.05) is 0 Å². The van der Waals surface area contributed by atoms with Crippen molar-refractivity contribution in [2.75, 3.05) is 18.8 Å². The zero-order chi connectivity index (χ0) is 18.2. The van der Waals surface area contributed by atoms with E-state index in [1.165, 1.54) is 22.1 Å². The fourth-order valence-electron chi connectivity index (χ4n) is 2.97. The van der Waals surface area contributed by atoms with Crippen LogP contribution in [0.15, 0.2) is 27.6 Å². The molecule has 5 nitrogen and oxygen atoms in total. The number of benzene rings is 1. The Morgan fingerprint density at radius 3 is 2.72 bits per heavy atom. The van der Waals surface area contributed by atoms with Gasteiger partial charge in [-0.2, -0.15) is 16.1 Å². The van der Waals surface area contributed by atoms with Crippen LogP contribution in [0.3, 0.4) is 0 Å². The Hall–Kier alpha value is -1.45. The number of halogens is 2. The maximum Gasteiger partial charge on any atom is 0.248 e. The summed E-state index contributed by atoms with van der Waals surface area (Å²) in [6.07, 6.45) is 0.396. The van der Waals surface area contributed by atoms with Crippen LogP contribution in [0.4, 0.5) is 8.78 Å². The second kappa shape index (κ2) is 7.05. The third-order valence-electron chi connectivity index (χ3n) is 4.17. The summed E-state index contributed by atoms with van der Waals surface area (Å²) in [6, 6.07) is 3.37. The Morgan fingerprint density at radius 1 is 1.28 bits per heavy atom. The molecule has 3 rings (SSSR count). The van der Waals surface area contributed by atoms with Crippen molar-refractivity contribution in [3.05, 3.63) is 46.9 Å². The van der Waals surface area contributed by atoms with Gasteiger partial charge in [-0.15, -0.1) is 0 Å². The third-order valence-corrected chi connectivity index (χ3v) is 7.63. The lowest BCUT2D eigenvalue weighted by atomic mass is 10.1. The van der Waals surface area contributed by atoms with E-state index in [2.05, 4.69) is 5.16 Å². The van der Waals surface area contributed by atoms with Crippen LogP contribution in [0, 0.1) is 25.5 Å². The maximum absolute atomic E-state index is 14.0. The van der Waals surface area contributed by atoms with E-state index < -0.39 is 21.7 Å². The minimum Gasteiger partial charge on any atom is -0.360 e. The molecule has 1 aromatic heterocycles. The van der Waals surface area contributed by atoms with Crippen LogP contribution in [-0.4, -0.2) is 36.7 Å². The van der Waals surface area contributed by atoms with Crippen molar-refractivity contribution in [3.63, 3.8) is 0 Å². The monoisotopic (exact) mass is 388 g/mol. The van der Waals surface area contributed by atoms with Crippen LogP contribution in [0.5, 0.6) is 0 Å². The van der Waals surface area contributed by atoms with Gasteiger partial charge in [0.15, 0.2) is 5.76 Å². The van der Waals surface area contributed by atoms with E-state index in [1.54, 1.807) is 13.8 Å². The van der Waals surface area contributed by atoms with Gasteiger partial charge in [-0.3, -0.25) is 0 Å². The average Bonchev–Trinajstić information content (AvgIpc) is 2.76. The Morgan fingerprint density at radius 2 is 2.04 bits per heavy atom. The quantitative estimate of drug-likeness (QED) is 0.806. The summed E-state index contributed by atoms with van der Waals surface area (Å²) in [5.74, 6) is -0.229. The Labute approximate surface area is 149 Å². The standard InChI is InChI=1S/C16H18F2N2O3S2/c1-10-16(11(2)23-19-10)25(21,22)20-6-5-15(24-8-7-20)13-9-12(17)3-4-14(13)18/h3-4,9,15H,5-8H2,1-2H3/t15-/m1/s1. The number of rotatable bonds is 3. The molecule has 1 aliphatic rings. The Bertz CT molecular complexity index is 864. The highest BCUT2D eigenvalue weighted by Gasteiger charge is 2.33. The minimum absolute atomic E-state index is 0.0906. The largest absolute Gasteiger partial charge is 0.360 e. The molecular weight excluding hydrogens is 370 g/mol. The van der Waals surface area contributed by atoms with Crippen molar-refractivity contribution >= 4 is 21.8 Å². The summed E-state index contributed by atoms with van der Waals surface area (Å²) in [4.78, 5) is 0.0906. The van der Waals surface area contributed by atoms with Crippen LogP contribution >= 0.6 is 11.8 Å². The second-order valence-electron chi connectivity index (χ2n) is 5.87. The number of aromatic nitrogens is 1. The summed E-state index contributed by atoms with van der Waals surface area (Å²) in [6.45, 7) is 3.66. The maximum atomic E-state index is 14.0. The molecule has 0 unspecified atom stereocenters. The lowest BCUT2D eigenvalue weighted by Gasteiger charge is -2.19. The highest BCUT2D eigenvalue weighted by Crippen LogP contribution is 2.37. The normalized spacial score (nSPS) is 19.8. The Kier molecular flexibility index (Phi) is 5.17. The molecule has 0 radical (unpaired) electrons. The highest BCUT2D eigenvalue weighted by molar-refractivity contribution is 7.99. The minimum atomic E-state index is -3.73. The number of thioether (sulfide) groups is 1. The van der Waals surface area contributed by atoms with E-state index in [0.717, 1.165) is 12.1 Å². The number of aryl methyl sites for hydroxylation is 2. The van der Waals surface area contributed by atoms with Gasteiger partial charge in [0.2, 0.25) is 10.0 Å². The molecule has 1 saturated heterocycles. The van der Waals surface area contributed by atoms with Crippen molar-refractivity contribution in [2.24, 2.45) is 0 Å². The smallest absolute Gasteiger partial charge is 0.248 e. The fourth-order valence-corrected chi connectivity index (χ4v) is 6.08. The molecule has 9 heteroatoms. The second-order valence-corrected chi connectivity index (χ2v) is 9.06. The molecule has 1 aromatic carbocycles. The Balaban J connectivity index is 1.83. The van der Waals surface area contributed by atoms with Crippen LogP contribution in [-0.2, 0) is 10.0 Å². The lowest BCUT2D eigenvalue weighted by Crippen LogP contribution is -2.33. The van der Waals surface area contributed by atoms with Crippen molar-refractivity contribution in [1.29, 1.82) is 0 Å². The topological polar surface area (TPSA) is 63.4 Å². The molecule has 0 N–H and O–H groups in total.